The lowest BCUT2D eigenvalue weighted by Crippen LogP contribution is -2.52. The van der Waals surface area contributed by atoms with Crippen molar-refractivity contribution in [2.24, 2.45) is 5.92 Å². The molecule has 0 saturated carbocycles. The van der Waals surface area contributed by atoms with Crippen LogP contribution < -0.4 is 10.1 Å². The topological polar surface area (TPSA) is 115 Å². The van der Waals surface area contributed by atoms with Crippen molar-refractivity contribution in [3.63, 3.8) is 0 Å². The number of benzene rings is 1. The molecular formula is C33H39N7O4S. The number of carbonyl (C=O) groups is 2. The Kier molecular flexibility index (Phi) is 10.5. The number of nitrogens with one attached hydrogen (secondary N) is 1. The molecule has 3 aliphatic rings. The van der Waals surface area contributed by atoms with E-state index in [9.17, 15) is 9.59 Å². The maximum Gasteiger partial charge on any atom is 0.257 e. The molecule has 12 heteroatoms. The number of fused-ring (bicyclic) bond motifs is 12. The van der Waals surface area contributed by atoms with Crippen LogP contribution in [0.1, 0.15) is 39.3 Å². The van der Waals surface area contributed by atoms with Crippen LogP contribution in [0.25, 0.3) is 0 Å². The molecule has 236 valence electrons. The Morgan fingerprint density at radius 3 is 2.62 bits per heavy atom. The van der Waals surface area contributed by atoms with Crippen LogP contribution in [0.4, 0.5) is 0 Å². The molecule has 1 aromatic carbocycles. The number of rotatable bonds is 6. The van der Waals surface area contributed by atoms with Gasteiger partial charge in [-0.2, -0.15) is 0 Å². The second-order valence-electron chi connectivity index (χ2n) is 11.5. The molecule has 0 spiro atoms. The number of pyridine rings is 1. The molecule has 3 aliphatic heterocycles. The molecule has 2 bridgehead atoms. The third-order valence-corrected chi connectivity index (χ3v) is 9.09. The van der Waals surface area contributed by atoms with Crippen molar-refractivity contribution in [2.75, 3.05) is 46.0 Å². The van der Waals surface area contributed by atoms with E-state index in [0.29, 0.717) is 44.5 Å². The van der Waals surface area contributed by atoms with Gasteiger partial charge in [-0.15, -0.1) is 16.4 Å². The summed E-state index contributed by atoms with van der Waals surface area (Å²) in [5, 5.41) is 13.7. The number of ether oxygens (including phenoxy) is 2. The fourth-order valence-electron chi connectivity index (χ4n) is 5.88. The van der Waals surface area contributed by atoms with Crippen LogP contribution in [0.15, 0.2) is 72.4 Å². The van der Waals surface area contributed by atoms with Gasteiger partial charge in [0, 0.05) is 56.4 Å². The van der Waals surface area contributed by atoms with E-state index < -0.39 is 11.9 Å². The lowest BCUT2D eigenvalue weighted by molar-refractivity contribution is -0.134. The minimum Gasteiger partial charge on any atom is -0.475 e. The summed E-state index contributed by atoms with van der Waals surface area (Å²) >= 11 is 1.77. The second kappa shape index (κ2) is 15.2. The third-order valence-electron chi connectivity index (χ3n) is 8.23. The smallest absolute Gasteiger partial charge is 0.257 e. The van der Waals surface area contributed by atoms with Crippen LogP contribution in [-0.2, 0) is 29.0 Å². The van der Waals surface area contributed by atoms with Crippen LogP contribution in [-0.4, -0.2) is 93.6 Å². The quantitative estimate of drug-likeness (QED) is 0.324. The van der Waals surface area contributed by atoms with Crippen molar-refractivity contribution in [3.05, 3.63) is 94.1 Å². The zero-order valence-electron chi connectivity index (χ0n) is 25.3. The SMILES string of the molecule is O=C1N[C@H](Cc2cn(Cc3ccccc3)nn2)C(=O)N2CCC(CC2)CN(Cc2cccs2)CCOCCOc2ncccc21. The zero-order valence-corrected chi connectivity index (χ0v) is 26.1. The highest BCUT2D eigenvalue weighted by atomic mass is 32.1. The number of hydrogen-bond acceptors (Lipinski definition) is 9. The molecule has 1 fully saturated rings. The molecule has 1 N–H and O–H groups in total. The van der Waals surface area contributed by atoms with Gasteiger partial charge in [0.1, 0.15) is 18.2 Å². The minimum atomic E-state index is -0.818. The molecule has 11 nitrogen and oxygen atoms in total. The molecule has 1 saturated heterocycles. The normalized spacial score (nSPS) is 20.6. The van der Waals surface area contributed by atoms with E-state index in [4.69, 9.17) is 9.47 Å². The highest BCUT2D eigenvalue weighted by Crippen LogP contribution is 2.22. The summed E-state index contributed by atoms with van der Waals surface area (Å²) in [7, 11) is 0. The van der Waals surface area contributed by atoms with Gasteiger partial charge in [-0.1, -0.05) is 41.6 Å². The molecule has 0 radical (unpaired) electrons. The number of piperidine rings is 1. The van der Waals surface area contributed by atoms with E-state index in [2.05, 4.69) is 43.0 Å². The van der Waals surface area contributed by atoms with Crippen LogP contribution >= 0.6 is 11.3 Å². The monoisotopic (exact) mass is 629 g/mol. The Bertz CT molecular complexity index is 1520. The Labute approximate surface area is 267 Å². The van der Waals surface area contributed by atoms with Crippen molar-refractivity contribution in [3.8, 4) is 5.88 Å². The predicted octanol–water partition coefficient (Wildman–Crippen LogP) is 3.27. The molecule has 45 heavy (non-hydrogen) atoms. The summed E-state index contributed by atoms with van der Waals surface area (Å²) in [6.45, 7) is 5.70. The zero-order chi connectivity index (χ0) is 30.8. The summed E-state index contributed by atoms with van der Waals surface area (Å²) in [5.41, 5.74) is 2.00. The number of carbonyl (C=O) groups excluding carboxylic acids is 2. The molecular weight excluding hydrogens is 590 g/mol. The first-order chi connectivity index (χ1) is 22.1. The van der Waals surface area contributed by atoms with Crippen LogP contribution in [0.3, 0.4) is 0 Å². The van der Waals surface area contributed by atoms with E-state index in [1.165, 1.54) is 4.88 Å². The number of nitrogens with zero attached hydrogens (tertiary/aromatic N) is 6. The first kappa shape index (κ1) is 30.9. The average Bonchev–Trinajstić information content (AvgIpc) is 3.74. The molecule has 0 unspecified atom stereocenters. The molecule has 6 heterocycles. The largest absolute Gasteiger partial charge is 0.475 e. The van der Waals surface area contributed by atoms with E-state index in [1.54, 1.807) is 34.3 Å². The van der Waals surface area contributed by atoms with Gasteiger partial charge in [0.05, 0.1) is 25.5 Å². The van der Waals surface area contributed by atoms with E-state index >= 15 is 0 Å². The Hall–Kier alpha value is -4.13. The van der Waals surface area contributed by atoms with E-state index in [0.717, 1.165) is 38.0 Å². The number of hydrogen-bond donors (Lipinski definition) is 1. The van der Waals surface area contributed by atoms with Gasteiger partial charge in [0.25, 0.3) is 5.91 Å². The highest BCUT2D eigenvalue weighted by molar-refractivity contribution is 7.09. The standard InChI is InChI=1S/C33H39N7O4S/c41-31-29-9-4-12-34-32(29)44-18-17-43-16-15-38(24-28-8-5-19-45-28)21-26-10-13-39(14-11-26)33(42)30(35-31)20-27-23-40(37-36-27)22-25-6-2-1-3-7-25/h1-9,12,19,23,26,30H,10-11,13-18,20-22,24H2,(H,35,41)/t30-/m1/s1. The van der Waals surface area contributed by atoms with Crippen molar-refractivity contribution in [1.82, 2.24) is 35.1 Å². The average molecular weight is 630 g/mol. The van der Waals surface area contributed by atoms with Crippen LogP contribution in [0.5, 0.6) is 5.88 Å². The molecule has 4 aromatic rings. The lowest BCUT2D eigenvalue weighted by Gasteiger charge is -2.36. The van der Waals surface area contributed by atoms with Crippen molar-refractivity contribution < 1.29 is 19.1 Å². The first-order valence-electron chi connectivity index (χ1n) is 15.5. The van der Waals surface area contributed by atoms with Crippen molar-refractivity contribution >= 4 is 23.2 Å². The van der Waals surface area contributed by atoms with Crippen LogP contribution in [0, 0.1) is 5.92 Å². The van der Waals surface area contributed by atoms with E-state index in [-0.39, 0.29) is 30.4 Å². The molecule has 3 aromatic heterocycles. The number of amides is 2. The predicted molar refractivity (Wildman–Crippen MR) is 170 cm³/mol. The van der Waals surface area contributed by atoms with Crippen LogP contribution in [0.2, 0.25) is 0 Å². The van der Waals surface area contributed by atoms with Crippen molar-refractivity contribution in [2.45, 2.75) is 38.4 Å². The minimum absolute atomic E-state index is 0.115. The summed E-state index contributed by atoms with van der Waals surface area (Å²) in [6, 6.07) is 16.8. The molecule has 7 rings (SSSR count). The van der Waals surface area contributed by atoms with Gasteiger partial charge in [0.15, 0.2) is 0 Å². The fourth-order valence-corrected chi connectivity index (χ4v) is 6.62. The Morgan fingerprint density at radius 2 is 1.80 bits per heavy atom. The summed E-state index contributed by atoms with van der Waals surface area (Å²) in [4.78, 5) is 37.6. The van der Waals surface area contributed by atoms with Crippen molar-refractivity contribution in [1.29, 1.82) is 0 Å². The van der Waals surface area contributed by atoms with Gasteiger partial charge >= 0.3 is 0 Å². The summed E-state index contributed by atoms with van der Waals surface area (Å²) < 4.78 is 13.6. The lowest BCUT2D eigenvalue weighted by atomic mass is 9.95. The second-order valence-corrected chi connectivity index (χ2v) is 12.6. The molecule has 1 atom stereocenters. The molecule has 0 aliphatic carbocycles. The fraction of sp³-hybridized carbons (Fsp3) is 0.424. The van der Waals surface area contributed by atoms with Gasteiger partial charge in [-0.05, 0) is 47.9 Å². The van der Waals surface area contributed by atoms with Gasteiger partial charge in [-0.3, -0.25) is 14.5 Å². The van der Waals surface area contributed by atoms with Gasteiger partial charge < -0.3 is 19.7 Å². The maximum absolute atomic E-state index is 14.0. The molecule has 2 amide bonds. The Balaban J connectivity index is 1.20. The highest BCUT2D eigenvalue weighted by Gasteiger charge is 2.32. The number of thiophene rings is 1. The van der Waals surface area contributed by atoms with E-state index in [1.807, 2.05) is 41.4 Å². The maximum atomic E-state index is 14.0. The summed E-state index contributed by atoms with van der Waals surface area (Å²) in [6.07, 6.45) is 5.45. The number of aromatic nitrogens is 4. The summed E-state index contributed by atoms with van der Waals surface area (Å²) in [5.74, 6) is 0.143. The third kappa shape index (κ3) is 8.53. The first-order valence-corrected chi connectivity index (χ1v) is 16.4. The van der Waals surface area contributed by atoms with Gasteiger partial charge in [0.2, 0.25) is 11.8 Å². The Morgan fingerprint density at radius 1 is 0.933 bits per heavy atom. The van der Waals surface area contributed by atoms with Gasteiger partial charge in [-0.25, -0.2) is 9.67 Å².